The number of aliphatic hydroxyl groups excluding tert-OH is 2. The number of carbonyl (C=O) groups is 2. The van der Waals surface area contributed by atoms with Crippen LogP contribution in [-0.4, -0.2) is 82.6 Å². The number of benzene rings is 2. The zero-order valence-electron chi connectivity index (χ0n) is 24.6. The van der Waals surface area contributed by atoms with Crippen molar-refractivity contribution in [2.24, 2.45) is 11.7 Å². The second kappa shape index (κ2) is 15.3. The van der Waals surface area contributed by atoms with E-state index in [9.17, 15) is 29.3 Å². The van der Waals surface area contributed by atoms with Gasteiger partial charge in [-0.25, -0.2) is 19.5 Å². The van der Waals surface area contributed by atoms with Gasteiger partial charge in [-0.3, -0.25) is 23.6 Å². The van der Waals surface area contributed by atoms with Crippen LogP contribution in [0.3, 0.4) is 0 Å². The topological polar surface area (TPSA) is 255 Å². The number of carbonyl (C=O) groups excluding carboxylic acids is 1. The van der Waals surface area contributed by atoms with Gasteiger partial charge in [-0.2, -0.15) is 0 Å². The number of hydrogen-bond donors (Lipinski definition) is 6. The monoisotopic (exact) mass is 658 g/mol. The van der Waals surface area contributed by atoms with Crippen molar-refractivity contribution in [3.8, 4) is 0 Å². The highest BCUT2D eigenvalue weighted by molar-refractivity contribution is 7.48. The molecule has 17 heteroatoms. The molecule has 1 saturated heterocycles. The Bertz CT molecular complexity index is 1660. The number of aromatic nitrogens is 4. The van der Waals surface area contributed by atoms with E-state index in [0.29, 0.717) is 12.8 Å². The number of fused-ring (bicyclic) bond motifs is 1. The Morgan fingerprint density at radius 2 is 1.61 bits per heavy atom. The molecule has 1 unspecified atom stereocenters. The Balaban J connectivity index is 0.000000337. The number of phosphoric acid groups is 1. The quantitative estimate of drug-likeness (QED) is 0.124. The smallest absolute Gasteiger partial charge is 0.480 e. The van der Waals surface area contributed by atoms with Gasteiger partial charge in [0.25, 0.3) is 0 Å². The van der Waals surface area contributed by atoms with Crippen LogP contribution in [0, 0.1) is 5.92 Å². The van der Waals surface area contributed by atoms with Gasteiger partial charge in [0.2, 0.25) is 0 Å². The van der Waals surface area contributed by atoms with E-state index in [-0.39, 0.29) is 17.0 Å². The third kappa shape index (κ3) is 8.92. The number of nitrogen functional groups attached to an aromatic ring is 1. The first kappa shape index (κ1) is 34.6. The van der Waals surface area contributed by atoms with E-state index < -0.39 is 62.9 Å². The molecule has 16 nitrogen and oxygen atoms in total. The van der Waals surface area contributed by atoms with E-state index in [1.54, 1.807) is 6.92 Å². The molecular formula is C29H35N6O10P. The molecule has 0 radical (unpaired) electrons. The molecule has 2 aromatic heterocycles. The van der Waals surface area contributed by atoms with E-state index in [4.69, 9.17) is 25.8 Å². The average molecular weight is 659 g/mol. The predicted molar refractivity (Wildman–Crippen MR) is 163 cm³/mol. The summed E-state index contributed by atoms with van der Waals surface area (Å²) >= 11 is 0. The number of carboxylic acids is 1. The Labute approximate surface area is 263 Å². The van der Waals surface area contributed by atoms with Gasteiger partial charge in [0, 0.05) is 0 Å². The molecule has 5 rings (SSSR count). The molecule has 4 aromatic rings. The summed E-state index contributed by atoms with van der Waals surface area (Å²) < 4.78 is 28.8. The van der Waals surface area contributed by atoms with E-state index in [1.165, 1.54) is 17.2 Å². The molecule has 0 aliphatic carbocycles. The van der Waals surface area contributed by atoms with Crippen LogP contribution in [0.1, 0.15) is 24.3 Å². The van der Waals surface area contributed by atoms with Crippen molar-refractivity contribution < 1.29 is 48.2 Å². The van der Waals surface area contributed by atoms with E-state index >= 15 is 0 Å². The molecular weight excluding hydrogens is 623 g/mol. The largest absolute Gasteiger partial charge is 0.529 e. The fraction of sp³-hybridized carbons (Fsp3) is 0.345. The number of nitrogens with two attached hydrogens (primary N) is 2. The Morgan fingerprint density at radius 1 is 1.00 bits per heavy atom. The summed E-state index contributed by atoms with van der Waals surface area (Å²) in [5, 5.41) is 29.3. The average Bonchev–Trinajstić information content (AvgIpc) is 3.58. The van der Waals surface area contributed by atoms with Crippen LogP contribution in [0.15, 0.2) is 73.3 Å². The van der Waals surface area contributed by atoms with Crippen LogP contribution in [0.2, 0.25) is 0 Å². The molecule has 246 valence electrons. The summed E-state index contributed by atoms with van der Waals surface area (Å²) in [7, 11) is -4.81. The zero-order valence-corrected chi connectivity index (χ0v) is 25.5. The third-order valence-electron chi connectivity index (χ3n) is 7.01. The molecule has 1 fully saturated rings. The summed E-state index contributed by atoms with van der Waals surface area (Å²) in [6.07, 6.45) is -2.04. The molecule has 46 heavy (non-hydrogen) atoms. The van der Waals surface area contributed by atoms with Gasteiger partial charge in [-0.1, -0.05) is 67.6 Å². The molecule has 0 amide bonds. The van der Waals surface area contributed by atoms with Gasteiger partial charge >= 0.3 is 19.8 Å². The van der Waals surface area contributed by atoms with Gasteiger partial charge in [0.15, 0.2) is 17.7 Å². The van der Waals surface area contributed by atoms with Crippen molar-refractivity contribution in [3.05, 3.63) is 84.4 Å². The fourth-order valence-corrected chi connectivity index (χ4v) is 5.35. The van der Waals surface area contributed by atoms with Crippen molar-refractivity contribution in [3.63, 3.8) is 0 Å². The maximum absolute atomic E-state index is 12.3. The number of anilines is 1. The van der Waals surface area contributed by atoms with Crippen molar-refractivity contribution in [2.45, 2.75) is 50.3 Å². The van der Waals surface area contributed by atoms with Crippen LogP contribution in [0.5, 0.6) is 0 Å². The molecule has 3 heterocycles. The third-order valence-corrected chi connectivity index (χ3v) is 7.89. The zero-order chi connectivity index (χ0) is 33.4. The molecule has 0 bridgehead atoms. The Kier molecular flexibility index (Phi) is 11.5. The number of hydrogen-bond acceptors (Lipinski definition) is 13. The normalized spacial score (nSPS) is 21.8. The fourth-order valence-electron chi connectivity index (χ4n) is 4.56. The molecule has 0 spiro atoms. The van der Waals surface area contributed by atoms with Crippen molar-refractivity contribution in [1.29, 1.82) is 0 Å². The number of imidazole rings is 1. The minimum absolute atomic E-state index is 0.126. The van der Waals surface area contributed by atoms with E-state index in [0.717, 1.165) is 11.1 Å². The number of rotatable bonds is 11. The lowest BCUT2D eigenvalue weighted by molar-refractivity contribution is -0.140. The summed E-state index contributed by atoms with van der Waals surface area (Å²) in [5.74, 6) is -2.45. The first-order chi connectivity index (χ1) is 21.9. The van der Waals surface area contributed by atoms with Crippen LogP contribution in [0.25, 0.3) is 11.2 Å². The van der Waals surface area contributed by atoms with Crippen molar-refractivity contribution >= 4 is 36.7 Å². The number of nitrogens with zero attached hydrogens (tertiary/aromatic N) is 4. The standard InChI is InChI=1S/C20H24N5O8P.C9H11NO2/c1-11(7-12-5-3-2-4-6-12)20(28)33-34(29,30)31-8-13-15(26)16(27)19(32-13)25-10-24-14-17(21)22-9-23-18(14)25;10-8(9(11)12)6-7-4-2-1-3-5-7/h2-6,9-11,13,15-16,19,26-27H,7-8H2,1H3,(H,29,30)(H2,21,22,23);1-5,8H,6,10H2,(H,11,12)/t11-,13+,15+,16+,19+;8-/m00/s1. The lowest BCUT2D eigenvalue weighted by Gasteiger charge is -2.18. The maximum Gasteiger partial charge on any atom is 0.529 e. The van der Waals surface area contributed by atoms with E-state index in [1.807, 2.05) is 60.7 Å². The summed E-state index contributed by atoms with van der Waals surface area (Å²) in [6, 6.07) is 17.7. The number of aliphatic hydroxyl groups is 2. The molecule has 0 saturated carbocycles. The minimum Gasteiger partial charge on any atom is -0.480 e. The van der Waals surface area contributed by atoms with E-state index in [2.05, 4.69) is 19.5 Å². The first-order valence-corrected chi connectivity index (χ1v) is 15.6. The minimum atomic E-state index is -4.81. The number of ether oxygens (including phenoxy) is 1. The number of carboxylic acid groups (broad SMARTS) is 1. The lowest BCUT2D eigenvalue weighted by atomic mass is 10.0. The first-order valence-electron chi connectivity index (χ1n) is 14.1. The number of aliphatic carboxylic acids is 1. The highest BCUT2D eigenvalue weighted by Gasteiger charge is 2.45. The lowest BCUT2D eigenvalue weighted by Crippen LogP contribution is -2.33. The second-order valence-corrected chi connectivity index (χ2v) is 11.9. The van der Waals surface area contributed by atoms with Gasteiger partial charge in [0.05, 0.1) is 18.9 Å². The predicted octanol–water partition coefficient (Wildman–Crippen LogP) is 1.21. The van der Waals surface area contributed by atoms with Crippen LogP contribution < -0.4 is 11.5 Å². The maximum atomic E-state index is 12.3. The Hall–Kier alpha value is -4.28. The van der Waals surface area contributed by atoms with Gasteiger partial charge in [0.1, 0.15) is 36.2 Å². The SMILES string of the molecule is C[C@@H](Cc1ccccc1)C(=O)OP(=O)(O)OC[C@H]1O[C@@H](n2cnc3c(N)ncnc32)[C@H](O)[C@@H]1O.N[C@@H](Cc1ccccc1)C(=O)O. The highest BCUT2D eigenvalue weighted by atomic mass is 31.2. The molecule has 7 atom stereocenters. The second-order valence-electron chi connectivity index (χ2n) is 10.5. The van der Waals surface area contributed by atoms with Gasteiger partial charge in [-0.15, -0.1) is 0 Å². The van der Waals surface area contributed by atoms with Gasteiger partial charge < -0.3 is 36.0 Å². The molecule has 1 aliphatic heterocycles. The van der Waals surface area contributed by atoms with Gasteiger partial charge in [-0.05, 0) is 24.0 Å². The summed E-state index contributed by atoms with van der Waals surface area (Å²) in [6.45, 7) is 0.929. The molecule has 2 aromatic carbocycles. The summed E-state index contributed by atoms with van der Waals surface area (Å²) in [4.78, 5) is 44.6. The molecule has 1 aliphatic rings. The van der Waals surface area contributed by atoms with Crippen LogP contribution in [0.4, 0.5) is 5.82 Å². The highest BCUT2D eigenvalue weighted by Crippen LogP contribution is 2.45. The van der Waals surface area contributed by atoms with Crippen molar-refractivity contribution in [2.75, 3.05) is 12.3 Å². The van der Waals surface area contributed by atoms with Crippen LogP contribution in [-0.2, 0) is 40.8 Å². The van der Waals surface area contributed by atoms with Crippen molar-refractivity contribution in [1.82, 2.24) is 19.5 Å². The Morgan fingerprint density at radius 3 is 2.22 bits per heavy atom. The number of phosphoric ester groups is 1. The summed E-state index contributed by atoms with van der Waals surface area (Å²) in [5.41, 5.74) is 13.5. The van der Waals surface area contributed by atoms with Crippen LogP contribution >= 0.6 is 7.82 Å². The molecule has 8 N–H and O–H groups in total.